The van der Waals surface area contributed by atoms with E-state index in [0.717, 1.165) is 37.1 Å². The van der Waals surface area contributed by atoms with Crippen LogP contribution < -0.4 is 5.32 Å². The highest BCUT2D eigenvalue weighted by atomic mass is 19.4. The largest absolute Gasteiger partial charge is 0.435 e. The third kappa shape index (κ3) is 2.78. The Morgan fingerprint density at radius 1 is 1.23 bits per heavy atom. The number of alkyl halides is 3. The van der Waals surface area contributed by atoms with Gasteiger partial charge in [0.25, 0.3) is 5.91 Å². The lowest BCUT2D eigenvalue weighted by atomic mass is 10.2. The van der Waals surface area contributed by atoms with Gasteiger partial charge >= 0.3 is 6.18 Å². The molecule has 0 spiro atoms. The number of amides is 1. The number of nitrogens with one attached hydrogen (secondary N) is 1. The molecule has 0 atom stereocenters. The summed E-state index contributed by atoms with van der Waals surface area (Å²) in [6, 6.07) is 4.15. The minimum atomic E-state index is -4.83. The fourth-order valence-corrected chi connectivity index (χ4v) is 1.93. The third-order valence-corrected chi connectivity index (χ3v) is 3.14. The number of hydrogen-bond acceptors (Lipinski definition) is 3. The van der Waals surface area contributed by atoms with Gasteiger partial charge in [0.2, 0.25) is 0 Å². The van der Waals surface area contributed by atoms with Crippen LogP contribution in [0, 0.1) is 5.82 Å². The number of aromatic nitrogens is 3. The van der Waals surface area contributed by atoms with Crippen molar-refractivity contribution in [1.82, 2.24) is 20.3 Å². The quantitative estimate of drug-likeness (QED) is 0.885. The fraction of sp³-hybridized carbons (Fsp3) is 0.308. The van der Waals surface area contributed by atoms with Gasteiger partial charge in [-0.15, -0.1) is 5.10 Å². The molecule has 1 aliphatic rings. The molecule has 0 aliphatic heterocycles. The van der Waals surface area contributed by atoms with Gasteiger partial charge in [-0.05, 0) is 37.1 Å². The minimum absolute atomic E-state index is 0.0355. The van der Waals surface area contributed by atoms with E-state index in [-0.39, 0.29) is 11.7 Å². The lowest BCUT2D eigenvalue weighted by Crippen LogP contribution is -2.28. The van der Waals surface area contributed by atoms with E-state index in [2.05, 4.69) is 15.6 Å². The minimum Gasteiger partial charge on any atom is -0.348 e. The summed E-state index contributed by atoms with van der Waals surface area (Å²) in [5.74, 6) is -1.51. The number of carbonyl (C=O) groups excluding carboxylic acids is 1. The highest BCUT2D eigenvalue weighted by molar-refractivity contribution is 5.94. The van der Waals surface area contributed by atoms with Crippen molar-refractivity contribution in [3.8, 4) is 5.69 Å². The molecule has 0 bridgehead atoms. The Morgan fingerprint density at radius 2 is 1.86 bits per heavy atom. The maximum Gasteiger partial charge on any atom is 0.435 e. The molecule has 1 saturated carbocycles. The van der Waals surface area contributed by atoms with Crippen molar-refractivity contribution in [3.05, 3.63) is 41.5 Å². The van der Waals surface area contributed by atoms with E-state index in [4.69, 9.17) is 0 Å². The third-order valence-electron chi connectivity index (χ3n) is 3.14. The molecule has 1 aromatic heterocycles. The van der Waals surface area contributed by atoms with E-state index in [9.17, 15) is 22.4 Å². The molecule has 1 N–H and O–H groups in total. The van der Waals surface area contributed by atoms with Crippen LogP contribution in [0.15, 0.2) is 24.3 Å². The van der Waals surface area contributed by atoms with Crippen LogP contribution in [-0.4, -0.2) is 26.9 Å². The van der Waals surface area contributed by atoms with Crippen molar-refractivity contribution >= 4 is 5.91 Å². The van der Waals surface area contributed by atoms with E-state index in [1.807, 2.05) is 0 Å². The topological polar surface area (TPSA) is 59.8 Å². The summed E-state index contributed by atoms with van der Waals surface area (Å²) >= 11 is 0. The average molecular weight is 314 g/mol. The monoisotopic (exact) mass is 314 g/mol. The Labute approximate surface area is 121 Å². The number of nitrogens with zero attached hydrogens (tertiary/aromatic N) is 3. The zero-order chi connectivity index (χ0) is 15.9. The number of carbonyl (C=O) groups is 1. The summed E-state index contributed by atoms with van der Waals surface area (Å²) in [5, 5.41) is 9.19. The number of hydrogen-bond donors (Lipinski definition) is 1. The zero-order valence-electron chi connectivity index (χ0n) is 11.1. The van der Waals surface area contributed by atoms with Gasteiger partial charge in [-0.25, -0.2) is 9.07 Å². The van der Waals surface area contributed by atoms with Crippen molar-refractivity contribution < 1.29 is 22.4 Å². The molecule has 5 nitrogen and oxygen atoms in total. The first-order valence-electron chi connectivity index (χ1n) is 6.46. The molecule has 1 fully saturated rings. The highest BCUT2D eigenvalue weighted by Crippen LogP contribution is 2.33. The Hall–Kier alpha value is -2.45. The van der Waals surface area contributed by atoms with Crippen molar-refractivity contribution in [2.75, 3.05) is 0 Å². The van der Waals surface area contributed by atoms with Crippen molar-refractivity contribution in [2.45, 2.75) is 25.1 Å². The van der Waals surface area contributed by atoms with Crippen LogP contribution in [0.5, 0.6) is 0 Å². The lowest BCUT2D eigenvalue weighted by Gasteiger charge is -2.11. The summed E-state index contributed by atoms with van der Waals surface area (Å²) < 4.78 is 53.2. The molecule has 1 heterocycles. The van der Waals surface area contributed by atoms with Crippen LogP contribution in [0.2, 0.25) is 0 Å². The first-order valence-corrected chi connectivity index (χ1v) is 6.46. The van der Waals surface area contributed by atoms with Crippen LogP contribution in [0.1, 0.15) is 29.0 Å². The van der Waals surface area contributed by atoms with Crippen LogP contribution >= 0.6 is 0 Å². The summed E-state index contributed by atoms with van der Waals surface area (Å²) in [6.45, 7) is 0. The maximum atomic E-state index is 13.3. The van der Waals surface area contributed by atoms with Gasteiger partial charge in [-0.3, -0.25) is 4.79 Å². The molecular formula is C13H10F4N4O. The van der Waals surface area contributed by atoms with E-state index in [1.54, 1.807) is 0 Å². The standard InChI is InChI=1S/C13H10F4N4O/c14-7-1-5-9(6-2-7)21-11(13(15,16)17)10(19-20-21)12(22)18-8-3-4-8/h1-2,5-6,8H,3-4H2,(H,18,22). The van der Waals surface area contributed by atoms with Crippen LogP contribution in [0.4, 0.5) is 17.6 Å². The number of halogens is 4. The second kappa shape index (κ2) is 5.08. The van der Waals surface area contributed by atoms with Gasteiger partial charge in [-0.1, -0.05) is 5.21 Å². The molecule has 22 heavy (non-hydrogen) atoms. The van der Waals surface area contributed by atoms with Gasteiger partial charge in [0.05, 0.1) is 5.69 Å². The summed E-state index contributed by atoms with van der Waals surface area (Å²) in [6.07, 6.45) is -3.35. The van der Waals surface area contributed by atoms with E-state index >= 15 is 0 Å². The van der Waals surface area contributed by atoms with Gasteiger partial charge in [0.15, 0.2) is 11.4 Å². The molecule has 0 unspecified atom stereocenters. The predicted octanol–water partition coefficient (Wildman–Crippen LogP) is 2.32. The van der Waals surface area contributed by atoms with Crippen molar-refractivity contribution in [3.63, 3.8) is 0 Å². The highest BCUT2D eigenvalue weighted by Gasteiger charge is 2.42. The molecule has 1 aromatic carbocycles. The molecule has 1 amide bonds. The summed E-state index contributed by atoms with van der Waals surface area (Å²) in [5.41, 5.74) is -2.10. The Kier molecular flexibility index (Phi) is 3.34. The Balaban J connectivity index is 2.04. The van der Waals surface area contributed by atoms with Gasteiger partial charge in [-0.2, -0.15) is 13.2 Å². The van der Waals surface area contributed by atoms with Gasteiger partial charge in [0.1, 0.15) is 5.82 Å². The molecular weight excluding hydrogens is 304 g/mol. The molecule has 3 rings (SSSR count). The SMILES string of the molecule is O=C(NC1CC1)c1nnn(-c2ccc(F)cc2)c1C(F)(F)F. The second-order valence-corrected chi connectivity index (χ2v) is 4.92. The zero-order valence-corrected chi connectivity index (χ0v) is 11.1. The van der Waals surface area contributed by atoms with Crippen molar-refractivity contribution in [1.29, 1.82) is 0 Å². The predicted molar refractivity (Wildman–Crippen MR) is 66.8 cm³/mol. The fourth-order valence-electron chi connectivity index (χ4n) is 1.93. The molecule has 0 saturated heterocycles. The second-order valence-electron chi connectivity index (χ2n) is 4.92. The molecule has 1 aliphatic carbocycles. The van der Waals surface area contributed by atoms with E-state index in [1.165, 1.54) is 0 Å². The number of rotatable bonds is 3. The lowest BCUT2D eigenvalue weighted by molar-refractivity contribution is -0.143. The van der Waals surface area contributed by atoms with E-state index < -0.39 is 29.3 Å². The molecule has 0 radical (unpaired) electrons. The smallest absolute Gasteiger partial charge is 0.348 e. The van der Waals surface area contributed by atoms with Crippen LogP contribution in [-0.2, 0) is 6.18 Å². The Morgan fingerprint density at radius 3 is 2.41 bits per heavy atom. The van der Waals surface area contributed by atoms with E-state index in [0.29, 0.717) is 4.68 Å². The molecule has 116 valence electrons. The summed E-state index contributed by atoms with van der Waals surface area (Å²) in [7, 11) is 0. The molecule has 9 heteroatoms. The van der Waals surface area contributed by atoms with Gasteiger partial charge in [0, 0.05) is 6.04 Å². The van der Waals surface area contributed by atoms with Crippen LogP contribution in [0.25, 0.3) is 5.69 Å². The van der Waals surface area contributed by atoms with Crippen molar-refractivity contribution in [2.24, 2.45) is 0 Å². The van der Waals surface area contributed by atoms with Gasteiger partial charge < -0.3 is 5.32 Å². The first-order chi connectivity index (χ1) is 10.4. The molecule has 2 aromatic rings. The van der Waals surface area contributed by atoms with Crippen LogP contribution in [0.3, 0.4) is 0 Å². The average Bonchev–Trinajstić information content (AvgIpc) is 3.13. The Bertz CT molecular complexity index is 704. The normalized spacial score (nSPS) is 14.9. The first kappa shape index (κ1) is 14.5. The maximum absolute atomic E-state index is 13.3. The summed E-state index contributed by atoms with van der Waals surface area (Å²) in [4.78, 5) is 11.9. The number of benzene rings is 1.